The average molecular weight is 448 g/mol. The van der Waals surface area contributed by atoms with Crippen molar-refractivity contribution < 1.29 is 14.0 Å². The third kappa shape index (κ3) is 5.80. The van der Waals surface area contributed by atoms with Gasteiger partial charge in [0, 0.05) is 22.8 Å². The lowest BCUT2D eigenvalue weighted by molar-refractivity contribution is -0.113. The van der Waals surface area contributed by atoms with Gasteiger partial charge in [-0.1, -0.05) is 29.4 Å². The van der Waals surface area contributed by atoms with Crippen molar-refractivity contribution in [2.24, 2.45) is 0 Å². The monoisotopic (exact) mass is 447 g/mol. The van der Waals surface area contributed by atoms with E-state index in [0.717, 1.165) is 0 Å². The molecule has 0 unspecified atom stereocenters. The molecule has 0 saturated carbocycles. The van der Waals surface area contributed by atoms with E-state index >= 15 is 0 Å². The topological polar surface area (TPSA) is 88.9 Å². The van der Waals surface area contributed by atoms with Crippen molar-refractivity contribution in [3.8, 4) is 0 Å². The van der Waals surface area contributed by atoms with Crippen LogP contribution in [0.25, 0.3) is 0 Å². The third-order valence-corrected chi connectivity index (χ3v) is 5.27. The number of hydrogen-bond donors (Lipinski definition) is 2. The van der Waals surface area contributed by atoms with Crippen molar-refractivity contribution in [2.75, 3.05) is 11.1 Å². The summed E-state index contributed by atoms with van der Waals surface area (Å²) in [6.45, 7) is 2.66. The van der Waals surface area contributed by atoms with Gasteiger partial charge < -0.3 is 15.2 Å². The number of amides is 2. The van der Waals surface area contributed by atoms with E-state index in [4.69, 9.17) is 11.6 Å². The summed E-state index contributed by atoms with van der Waals surface area (Å²) >= 11 is 7.16. The largest absolute Gasteiger partial charge is 0.345 e. The standard InChI is InChI=1S/C20H19ClFN5O2S/c1-2-27-17(11-23-19(29)13-6-8-15(22)9-7-13)25-26-20(27)30-12-18(28)24-16-5-3-4-14(21)10-16/h3-10H,2,11-12H2,1H3,(H,23,29)(H,24,28). The molecule has 0 radical (unpaired) electrons. The van der Waals surface area contributed by atoms with Crippen molar-refractivity contribution >= 4 is 40.9 Å². The number of halogens is 2. The molecule has 2 amide bonds. The number of nitrogens with zero attached hydrogens (tertiary/aromatic N) is 3. The third-order valence-electron chi connectivity index (χ3n) is 4.06. The van der Waals surface area contributed by atoms with Crippen LogP contribution in [-0.4, -0.2) is 32.3 Å². The quantitative estimate of drug-likeness (QED) is 0.513. The number of thioether (sulfide) groups is 1. The van der Waals surface area contributed by atoms with Crippen LogP contribution in [-0.2, 0) is 17.9 Å². The normalized spacial score (nSPS) is 10.6. The molecule has 0 bridgehead atoms. The highest BCUT2D eigenvalue weighted by Gasteiger charge is 2.14. The van der Waals surface area contributed by atoms with Crippen LogP contribution in [0.4, 0.5) is 10.1 Å². The Balaban J connectivity index is 1.56. The zero-order valence-corrected chi connectivity index (χ0v) is 17.6. The fraction of sp³-hybridized carbons (Fsp3) is 0.200. The van der Waals surface area contributed by atoms with E-state index in [1.165, 1.54) is 36.0 Å². The maximum atomic E-state index is 13.0. The number of rotatable bonds is 8. The summed E-state index contributed by atoms with van der Waals surface area (Å²) in [7, 11) is 0. The molecule has 0 aliphatic rings. The predicted octanol–water partition coefficient (Wildman–Crippen LogP) is 3.75. The first-order valence-corrected chi connectivity index (χ1v) is 10.5. The van der Waals surface area contributed by atoms with E-state index in [-0.39, 0.29) is 24.1 Å². The van der Waals surface area contributed by atoms with Gasteiger partial charge in [0.1, 0.15) is 5.82 Å². The van der Waals surface area contributed by atoms with Crippen molar-refractivity contribution in [3.05, 3.63) is 70.8 Å². The molecule has 3 rings (SSSR count). The highest BCUT2D eigenvalue weighted by molar-refractivity contribution is 7.99. The molecule has 2 aromatic carbocycles. The van der Waals surface area contributed by atoms with Crippen LogP contribution in [0.3, 0.4) is 0 Å². The SMILES string of the molecule is CCn1c(CNC(=O)c2ccc(F)cc2)nnc1SCC(=O)Nc1cccc(Cl)c1. The minimum Gasteiger partial charge on any atom is -0.345 e. The van der Waals surface area contributed by atoms with Gasteiger partial charge in [0.05, 0.1) is 12.3 Å². The van der Waals surface area contributed by atoms with E-state index < -0.39 is 5.82 Å². The van der Waals surface area contributed by atoms with Gasteiger partial charge in [0.15, 0.2) is 11.0 Å². The molecule has 0 atom stereocenters. The van der Waals surface area contributed by atoms with E-state index in [1.54, 1.807) is 24.3 Å². The number of carbonyl (C=O) groups excluding carboxylic acids is 2. The van der Waals surface area contributed by atoms with Crippen LogP contribution in [0.2, 0.25) is 5.02 Å². The summed E-state index contributed by atoms with van der Waals surface area (Å²) < 4.78 is 14.8. The fourth-order valence-corrected chi connectivity index (χ4v) is 3.64. The summed E-state index contributed by atoms with van der Waals surface area (Å²) in [5, 5.41) is 14.9. The van der Waals surface area contributed by atoms with Crippen molar-refractivity contribution in [1.82, 2.24) is 20.1 Å². The Kier molecular flexibility index (Phi) is 7.42. The number of nitrogens with one attached hydrogen (secondary N) is 2. The lowest BCUT2D eigenvalue weighted by atomic mass is 10.2. The zero-order valence-electron chi connectivity index (χ0n) is 16.1. The van der Waals surface area contributed by atoms with Crippen LogP contribution in [0.1, 0.15) is 23.1 Å². The van der Waals surface area contributed by atoms with Crippen LogP contribution < -0.4 is 10.6 Å². The zero-order chi connectivity index (χ0) is 21.5. The molecule has 1 heterocycles. The number of hydrogen-bond acceptors (Lipinski definition) is 5. The molecule has 0 fully saturated rings. The lowest BCUT2D eigenvalue weighted by Gasteiger charge is -2.09. The number of carbonyl (C=O) groups is 2. The summed E-state index contributed by atoms with van der Waals surface area (Å²) in [6, 6.07) is 12.2. The average Bonchev–Trinajstić information content (AvgIpc) is 3.13. The summed E-state index contributed by atoms with van der Waals surface area (Å²) in [5.41, 5.74) is 0.973. The predicted molar refractivity (Wildman–Crippen MR) is 114 cm³/mol. The van der Waals surface area contributed by atoms with Gasteiger partial charge in [-0.3, -0.25) is 9.59 Å². The second-order valence-electron chi connectivity index (χ2n) is 6.18. The molecular weight excluding hydrogens is 429 g/mol. The highest BCUT2D eigenvalue weighted by Crippen LogP contribution is 2.19. The van der Waals surface area contributed by atoms with E-state index in [1.807, 2.05) is 11.5 Å². The minimum absolute atomic E-state index is 0.145. The maximum Gasteiger partial charge on any atom is 0.251 e. The van der Waals surface area contributed by atoms with E-state index in [2.05, 4.69) is 20.8 Å². The minimum atomic E-state index is -0.404. The van der Waals surface area contributed by atoms with Crippen molar-refractivity contribution in [1.29, 1.82) is 0 Å². The molecule has 0 aliphatic heterocycles. The maximum absolute atomic E-state index is 13.0. The van der Waals surface area contributed by atoms with Crippen LogP contribution in [0.5, 0.6) is 0 Å². The first kappa shape index (κ1) is 21.8. The summed E-state index contributed by atoms with van der Waals surface area (Å²) in [5.74, 6) is -0.231. The van der Waals surface area contributed by atoms with Gasteiger partial charge >= 0.3 is 0 Å². The summed E-state index contributed by atoms with van der Waals surface area (Å²) in [4.78, 5) is 24.4. The van der Waals surface area contributed by atoms with Crippen LogP contribution >= 0.6 is 23.4 Å². The Labute approximate surface area is 182 Å². The smallest absolute Gasteiger partial charge is 0.251 e. The lowest BCUT2D eigenvalue weighted by Crippen LogP contribution is -2.24. The molecule has 0 saturated heterocycles. The van der Waals surface area contributed by atoms with Gasteiger partial charge in [0.2, 0.25) is 5.91 Å². The first-order valence-electron chi connectivity index (χ1n) is 9.10. The number of aromatic nitrogens is 3. The molecule has 2 N–H and O–H groups in total. The van der Waals surface area contributed by atoms with Crippen LogP contribution in [0.15, 0.2) is 53.7 Å². The number of anilines is 1. The Morgan fingerprint density at radius 1 is 1.17 bits per heavy atom. The molecule has 7 nitrogen and oxygen atoms in total. The Morgan fingerprint density at radius 2 is 1.93 bits per heavy atom. The molecular formula is C20H19ClFN5O2S. The second-order valence-corrected chi connectivity index (χ2v) is 7.56. The molecule has 30 heavy (non-hydrogen) atoms. The van der Waals surface area contributed by atoms with Gasteiger partial charge in [-0.25, -0.2) is 4.39 Å². The molecule has 10 heteroatoms. The van der Waals surface area contributed by atoms with Crippen LogP contribution in [0, 0.1) is 5.82 Å². The van der Waals surface area contributed by atoms with Gasteiger partial charge in [-0.05, 0) is 49.4 Å². The molecule has 0 aliphatic carbocycles. The van der Waals surface area contributed by atoms with Crippen molar-refractivity contribution in [3.63, 3.8) is 0 Å². The molecule has 0 spiro atoms. The molecule has 1 aromatic heterocycles. The Bertz CT molecular complexity index is 1040. The Morgan fingerprint density at radius 3 is 2.63 bits per heavy atom. The Hall–Kier alpha value is -2.91. The van der Waals surface area contributed by atoms with Gasteiger partial charge in [-0.15, -0.1) is 10.2 Å². The second kappa shape index (κ2) is 10.2. The van der Waals surface area contributed by atoms with E-state index in [0.29, 0.717) is 33.8 Å². The first-order chi connectivity index (χ1) is 14.5. The number of benzene rings is 2. The summed E-state index contributed by atoms with van der Waals surface area (Å²) in [6.07, 6.45) is 0. The highest BCUT2D eigenvalue weighted by atomic mass is 35.5. The molecule has 156 valence electrons. The fourth-order valence-electron chi connectivity index (χ4n) is 2.63. The van der Waals surface area contributed by atoms with E-state index in [9.17, 15) is 14.0 Å². The van der Waals surface area contributed by atoms with Gasteiger partial charge in [-0.2, -0.15) is 0 Å². The molecule has 3 aromatic rings. The van der Waals surface area contributed by atoms with Gasteiger partial charge in [0.25, 0.3) is 5.91 Å². The van der Waals surface area contributed by atoms with Crippen molar-refractivity contribution in [2.45, 2.75) is 25.2 Å².